The Morgan fingerprint density at radius 2 is 1.75 bits per heavy atom. The zero-order valence-corrected chi connectivity index (χ0v) is 19.7. The standard InChI is InChI=1S/C28H36O4/c1-18-20-11-12-22-26(2)14-8-15-27(3,25(30)31-4)21(26)13-16-28(22,17-20)23(18)32-24(29)19-9-6-5-7-10-19/h5-7,9-10,20-23H,1,8,11-17H2,2-4H3. The van der Waals surface area contributed by atoms with Gasteiger partial charge in [0.25, 0.3) is 0 Å². The van der Waals surface area contributed by atoms with E-state index in [0.717, 1.165) is 56.9 Å². The van der Waals surface area contributed by atoms with Crippen molar-refractivity contribution in [2.75, 3.05) is 7.11 Å². The first-order valence-electron chi connectivity index (χ1n) is 12.3. The largest absolute Gasteiger partial charge is 0.469 e. The first kappa shape index (κ1) is 21.7. The van der Waals surface area contributed by atoms with E-state index in [1.54, 1.807) is 0 Å². The van der Waals surface area contributed by atoms with E-state index in [1.165, 1.54) is 7.11 Å². The molecule has 0 aromatic heterocycles. The molecule has 7 atom stereocenters. The minimum atomic E-state index is -0.425. The molecule has 0 heterocycles. The highest BCUT2D eigenvalue weighted by Crippen LogP contribution is 2.72. The van der Waals surface area contributed by atoms with Gasteiger partial charge in [-0.3, -0.25) is 4.79 Å². The van der Waals surface area contributed by atoms with Crippen LogP contribution in [-0.4, -0.2) is 25.2 Å². The Morgan fingerprint density at radius 3 is 2.47 bits per heavy atom. The fourth-order valence-electron chi connectivity index (χ4n) is 8.75. The average molecular weight is 437 g/mol. The van der Waals surface area contributed by atoms with Gasteiger partial charge in [0.15, 0.2) is 0 Å². The summed E-state index contributed by atoms with van der Waals surface area (Å²) in [6.45, 7) is 9.00. The molecule has 1 aromatic carbocycles. The molecule has 4 heteroatoms. The molecule has 4 aliphatic rings. The number of esters is 2. The van der Waals surface area contributed by atoms with E-state index in [-0.39, 0.29) is 28.9 Å². The number of rotatable bonds is 3. The Balaban J connectivity index is 1.50. The molecule has 4 nitrogen and oxygen atoms in total. The summed E-state index contributed by atoms with van der Waals surface area (Å²) in [5.74, 6) is 0.883. The number of fused-ring (bicyclic) bond motifs is 3. The minimum Gasteiger partial charge on any atom is -0.469 e. The van der Waals surface area contributed by atoms with Crippen LogP contribution in [0.3, 0.4) is 0 Å². The van der Waals surface area contributed by atoms with E-state index >= 15 is 0 Å². The van der Waals surface area contributed by atoms with Gasteiger partial charge in [-0.05, 0) is 92.7 Å². The molecule has 7 unspecified atom stereocenters. The third-order valence-corrected chi connectivity index (χ3v) is 10.1. The van der Waals surface area contributed by atoms with E-state index in [9.17, 15) is 9.59 Å². The summed E-state index contributed by atoms with van der Waals surface area (Å²) in [6.07, 6.45) is 8.15. The summed E-state index contributed by atoms with van der Waals surface area (Å²) in [5.41, 5.74) is 1.29. The van der Waals surface area contributed by atoms with Crippen molar-refractivity contribution in [1.29, 1.82) is 0 Å². The maximum Gasteiger partial charge on any atom is 0.338 e. The molecule has 0 N–H and O–H groups in total. The van der Waals surface area contributed by atoms with Crippen LogP contribution < -0.4 is 0 Å². The topological polar surface area (TPSA) is 52.6 Å². The molecule has 4 fully saturated rings. The molecular formula is C28H36O4. The van der Waals surface area contributed by atoms with Gasteiger partial charge >= 0.3 is 11.9 Å². The van der Waals surface area contributed by atoms with E-state index < -0.39 is 5.41 Å². The number of hydrogen-bond donors (Lipinski definition) is 0. The summed E-state index contributed by atoms with van der Waals surface area (Å²) in [6, 6.07) is 9.31. The minimum absolute atomic E-state index is 0.0481. The maximum absolute atomic E-state index is 13.1. The molecule has 0 saturated heterocycles. The fourth-order valence-corrected chi connectivity index (χ4v) is 8.75. The van der Waals surface area contributed by atoms with Crippen LogP contribution in [0.4, 0.5) is 0 Å². The Bertz CT molecular complexity index is 938. The van der Waals surface area contributed by atoms with Gasteiger partial charge in [-0.15, -0.1) is 0 Å². The number of benzene rings is 1. The highest BCUT2D eigenvalue weighted by molar-refractivity contribution is 5.89. The summed E-state index contributed by atoms with van der Waals surface area (Å²) >= 11 is 0. The first-order valence-corrected chi connectivity index (χ1v) is 12.3. The van der Waals surface area contributed by atoms with Crippen molar-refractivity contribution < 1.29 is 19.1 Å². The Morgan fingerprint density at radius 1 is 1.00 bits per heavy atom. The second-order valence-corrected chi connectivity index (χ2v) is 11.4. The molecule has 4 saturated carbocycles. The lowest BCUT2D eigenvalue weighted by atomic mass is 9.40. The van der Waals surface area contributed by atoms with Gasteiger partial charge in [0.1, 0.15) is 6.10 Å². The molecule has 0 radical (unpaired) electrons. The van der Waals surface area contributed by atoms with E-state index in [2.05, 4.69) is 20.4 Å². The van der Waals surface area contributed by atoms with Crippen molar-refractivity contribution in [2.24, 2.45) is 34.0 Å². The molecule has 2 bridgehead atoms. The van der Waals surface area contributed by atoms with Crippen LogP contribution >= 0.6 is 0 Å². The van der Waals surface area contributed by atoms with Crippen molar-refractivity contribution in [2.45, 2.75) is 71.3 Å². The SMILES string of the molecule is C=C1C2CCC3C4(C)CCCC(C)(C(=O)OC)C4CCC3(C2)C1OC(=O)c1ccccc1. The van der Waals surface area contributed by atoms with Gasteiger partial charge < -0.3 is 9.47 Å². The molecule has 4 aliphatic carbocycles. The van der Waals surface area contributed by atoms with E-state index in [1.807, 2.05) is 30.3 Å². The number of hydrogen-bond acceptors (Lipinski definition) is 4. The second-order valence-electron chi connectivity index (χ2n) is 11.4. The van der Waals surface area contributed by atoms with Crippen molar-refractivity contribution >= 4 is 11.9 Å². The van der Waals surface area contributed by atoms with Crippen LogP contribution in [0.1, 0.15) is 75.6 Å². The summed E-state index contributed by atoms with van der Waals surface area (Å²) < 4.78 is 11.6. The zero-order valence-electron chi connectivity index (χ0n) is 19.7. The lowest BCUT2D eigenvalue weighted by molar-refractivity contribution is -0.192. The van der Waals surface area contributed by atoms with Gasteiger partial charge in [0.2, 0.25) is 0 Å². The van der Waals surface area contributed by atoms with Crippen molar-refractivity contribution in [3.8, 4) is 0 Å². The fraction of sp³-hybridized carbons (Fsp3) is 0.643. The highest BCUT2D eigenvalue weighted by atomic mass is 16.5. The van der Waals surface area contributed by atoms with E-state index in [4.69, 9.17) is 9.47 Å². The van der Waals surface area contributed by atoms with Crippen LogP contribution in [0.5, 0.6) is 0 Å². The molecule has 5 rings (SSSR count). The third kappa shape index (κ3) is 2.87. The van der Waals surface area contributed by atoms with Crippen molar-refractivity contribution in [1.82, 2.24) is 0 Å². The molecular weight excluding hydrogens is 400 g/mol. The van der Waals surface area contributed by atoms with Gasteiger partial charge in [0.05, 0.1) is 18.1 Å². The quantitative estimate of drug-likeness (QED) is 0.433. The first-order chi connectivity index (χ1) is 15.3. The Labute approximate surface area is 191 Å². The van der Waals surface area contributed by atoms with Crippen LogP contribution in [0.2, 0.25) is 0 Å². The molecule has 1 spiro atoms. The van der Waals surface area contributed by atoms with Gasteiger partial charge in [-0.25, -0.2) is 4.79 Å². The maximum atomic E-state index is 13.1. The lowest BCUT2D eigenvalue weighted by Gasteiger charge is -2.64. The normalized spacial score (nSPS) is 42.5. The molecule has 172 valence electrons. The number of methoxy groups -OCH3 is 1. The predicted molar refractivity (Wildman–Crippen MR) is 123 cm³/mol. The predicted octanol–water partition coefficient (Wildman–Crippen LogP) is 5.96. The average Bonchev–Trinajstić information content (AvgIpc) is 2.99. The number of carbonyl (C=O) groups is 2. The molecule has 0 aliphatic heterocycles. The van der Waals surface area contributed by atoms with E-state index in [0.29, 0.717) is 23.3 Å². The monoisotopic (exact) mass is 436 g/mol. The van der Waals surface area contributed by atoms with Crippen molar-refractivity contribution in [3.63, 3.8) is 0 Å². The summed E-state index contributed by atoms with van der Waals surface area (Å²) in [4.78, 5) is 26.0. The summed E-state index contributed by atoms with van der Waals surface area (Å²) in [7, 11) is 1.52. The van der Waals surface area contributed by atoms with Crippen LogP contribution in [0, 0.1) is 34.0 Å². The smallest absolute Gasteiger partial charge is 0.338 e. The van der Waals surface area contributed by atoms with Crippen LogP contribution in [0.15, 0.2) is 42.5 Å². The third-order valence-electron chi connectivity index (χ3n) is 10.1. The molecule has 32 heavy (non-hydrogen) atoms. The zero-order chi connectivity index (χ0) is 22.7. The van der Waals surface area contributed by atoms with Gasteiger partial charge in [-0.1, -0.05) is 38.1 Å². The van der Waals surface area contributed by atoms with Gasteiger partial charge in [-0.2, -0.15) is 0 Å². The van der Waals surface area contributed by atoms with Crippen LogP contribution in [0.25, 0.3) is 0 Å². The Kier molecular flexibility index (Phi) is 5.07. The number of ether oxygens (including phenoxy) is 2. The van der Waals surface area contributed by atoms with Gasteiger partial charge in [0, 0.05) is 5.41 Å². The Hall–Kier alpha value is -2.10. The lowest BCUT2D eigenvalue weighted by Crippen LogP contribution is -2.60. The second kappa shape index (κ2) is 7.46. The van der Waals surface area contributed by atoms with Crippen LogP contribution in [-0.2, 0) is 14.3 Å². The molecule has 1 aromatic rings. The van der Waals surface area contributed by atoms with Crippen molar-refractivity contribution in [3.05, 3.63) is 48.0 Å². The molecule has 0 amide bonds. The summed E-state index contributed by atoms with van der Waals surface area (Å²) in [5, 5.41) is 0. The number of carbonyl (C=O) groups excluding carboxylic acids is 2. The highest BCUT2D eigenvalue weighted by Gasteiger charge is 2.68.